The Morgan fingerprint density at radius 1 is 1.60 bits per heavy atom. The standard InChI is InChI=1S/C10H16N4O/c1-11-9-4-3-5-14(10(9)15)8-6-12-13(2)7-8/h6-7,9,11H,3-5H2,1-2H3. The first-order chi connectivity index (χ1) is 7.22. The molecule has 82 valence electrons. The molecule has 2 heterocycles. The van der Waals surface area contributed by atoms with Gasteiger partial charge in [0.2, 0.25) is 5.91 Å². The van der Waals surface area contributed by atoms with E-state index in [1.807, 2.05) is 20.3 Å². The van der Waals surface area contributed by atoms with Crippen molar-refractivity contribution in [2.24, 2.45) is 7.05 Å². The lowest BCUT2D eigenvalue weighted by Gasteiger charge is -2.30. The quantitative estimate of drug-likeness (QED) is 0.752. The van der Waals surface area contributed by atoms with Crippen molar-refractivity contribution >= 4 is 11.6 Å². The minimum atomic E-state index is -0.0426. The van der Waals surface area contributed by atoms with Gasteiger partial charge in [-0.05, 0) is 19.9 Å². The first kappa shape index (κ1) is 10.2. The zero-order valence-electron chi connectivity index (χ0n) is 9.10. The third kappa shape index (κ3) is 1.87. The summed E-state index contributed by atoms with van der Waals surface area (Å²) in [5, 5.41) is 7.12. The van der Waals surface area contributed by atoms with Crippen LogP contribution in [0, 0.1) is 0 Å². The van der Waals surface area contributed by atoms with Crippen molar-refractivity contribution in [3.63, 3.8) is 0 Å². The van der Waals surface area contributed by atoms with Gasteiger partial charge in [0.25, 0.3) is 0 Å². The van der Waals surface area contributed by atoms with Crippen molar-refractivity contribution < 1.29 is 4.79 Å². The normalized spacial score (nSPS) is 22.1. The van der Waals surface area contributed by atoms with Gasteiger partial charge in [-0.25, -0.2) is 0 Å². The van der Waals surface area contributed by atoms with E-state index in [1.165, 1.54) is 0 Å². The van der Waals surface area contributed by atoms with Crippen LogP contribution < -0.4 is 10.2 Å². The maximum atomic E-state index is 12.0. The smallest absolute Gasteiger partial charge is 0.244 e. The summed E-state index contributed by atoms with van der Waals surface area (Å²) >= 11 is 0. The third-order valence-electron chi connectivity index (χ3n) is 2.79. The molecule has 1 aromatic heterocycles. The van der Waals surface area contributed by atoms with E-state index in [4.69, 9.17) is 0 Å². The summed E-state index contributed by atoms with van der Waals surface area (Å²) in [5.74, 6) is 0.150. The number of likely N-dealkylation sites (N-methyl/N-ethyl adjacent to an activating group) is 1. The zero-order valence-corrected chi connectivity index (χ0v) is 9.10. The number of carbonyl (C=O) groups excluding carboxylic acids is 1. The summed E-state index contributed by atoms with van der Waals surface area (Å²) in [4.78, 5) is 13.8. The number of anilines is 1. The molecule has 0 aliphatic carbocycles. The Morgan fingerprint density at radius 2 is 2.40 bits per heavy atom. The number of amides is 1. The van der Waals surface area contributed by atoms with Gasteiger partial charge in [-0.1, -0.05) is 0 Å². The van der Waals surface area contributed by atoms with Crippen LogP contribution in [0.15, 0.2) is 12.4 Å². The number of nitrogens with zero attached hydrogens (tertiary/aromatic N) is 3. The largest absolute Gasteiger partial charge is 0.309 e. The Kier molecular flexibility index (Phi) is 2.73. The molecule has 1 aliphatic heterocycles. The average Bonchev–Trinajstić information content (AvgIpc) is 2.65. The second kappa shape index (κ2) is 4.02. The SMILES string of the molecule is CNC1CCCN(c2cnn(C)c2)C1=O. The fraction of sp³-hybridized carbons (Fsp3) is 0.600. The van der Waals surface area contributed by atoms with Crippen molar-refractivity contribution in [2.75, 3.05) is 18.5 Å². The molecule has 0 spiro atoms. The van der Waals surface area contributed by atoms with E-state index in [0.717, 1.165) is 25.1 Å². The number of hydrogen-bond acceptors (Lipinski definition) is 3. The van der Waals surface area contributed by atoms with Crippen LogP contribution in [0.2, 0.25) is 0 Å². The van der Waals surface area contributed by atoms with Crippen molar-refractivity contribution in [3.05, 3.63) is 12.4 Å². The second-order valence-electron chi connectivity index (χ2n) is 3.85. The number of rotatable bonds is 2. The van der Waals surface area contributed by atoms with Gasteiger partial charge in [-0.3, -0.25) is 9.48 Å². The molecule has 1 unspecified atom stereocenters. The molecule has 5 nitrogen and oxygen atoms in total. The summed E-state index contributed by atoms with van der Waals surface area (Å²) in [7, 11) is 3.68. The van der Waals surface area contributed by atoms with Gasteiger partial charge in [0.1, 0.15) is 0 Å². The summed E-state index contributed by atoms with van der Waals surface area (Å²) < 4.78 is 1.71. The molecule has 0 radical (unpaired) electrons. The van der Waals surface area contributed by atoms with Crippen LogP contribution in [-0.2, 0) is 11.8 Å². The van der Waals surface area contributed by atoms with E-state index in [1.54, 1.807) is 15.8 Å². The van der Waals surface area contributed by atoms with Gasteiger partial charge < -0.3 is 10.2 Å². The van der Waals surface area contributed by atoms with E-state index in [0.29, 0.717) is 0 Å². The summed E-state index contributed by atoms with van der Waals surface area (Å²) in [5.41, 5.74) is 0.891. The highest BCUT2D eigenvalue weighted by atomic mass is 16.2. The topological polar surface area (TPSA) is 50.2 Å². The number of hydrogen-bond donors (Lipinski definition) is 1. The van der Waals surface area contributed by atoms with Crippen LogP contribution in [-0.4, -0.2) is 35.3 Å². The molecule has 1 aliphatic rings. The van der Waals surface area contributed by atoms with E-state index < -0.39 is 0 Å². The molecule has 5 heteroatoms. The van der Waals surface area contributed by atoms with E-state index >= 15 is 0 Å². The van der Waals surface area contributed by atoms with Crippen molar-refractivity contribution in [2.45, 2.75) is 18.9 Å². The molecule has 0 aromatic carbocycles. The van der Waals surface area contributed by atoms with Crippen LogP contribution in [0.1, 0.15) is 12.8 Å². The molecule has 1 atom stereocenters. The van der Waals surface area contributed by atoms with Gasteiger partial charge in [0.05, 0.1) is 17.9 Å². The van der Waals surface area contributed by atoms with Crippen LogP contribution in [0.3, 0.4) is 0 Å². The molecule has 1 fully saturated rings. The predicted octanol–water partition coefficient (Wildman–Crippen LogP) is 0.135. The summed E-state index contributed by atoms with van der Waals surface area (Å²) in [6, 6.07) is -0.0426. The van der Waals surface area contributed by atoms with Gasteiger partial charge in [0, 0.05) is 19.8 Å². The van der Waals surface area contributed by atoms with E-state index in [9.17, 15) is 4.79 Å². The highest BCUT2D eigenvalue weighted by Crippen LogP contribution is 2.19. The minimum Gasteiger partial charge on any atom is -0.309 e. The maximum Gasteiger partial charge on any atom is 0.244 e. The lowest BCUT2D eigenvalue weighted by atomic mass is 10.0. The zero-order chi connectivity index (χ0) is 10.8. The first-order valence-corrected chi connectivity index (χ1v) is 5.19. The Morgan fingerprint density at radius 3 is 3.00 bits per heavy atom. The fourth-order valence-electron chi connectivity index (χ4n) is 1.95. The van der Waals surface area contributed by atoms with Crippen LogP contribution in [0.25, 0.3) is 0 Å². The molecule has 1 N–H and O–H groups in total. The molecule has 0 bridgehead atoms. The lowest BCUT2D eigenvalue weighted by Crippen LogP contribution is -2.49. The second-order valence-corrected chi connectivity index (χ2v) is 3.85. The number of nitrogens with one attached hydrogen (secondary N) is 1. The maximum absolute atomic E-state index is 12.0. The Bertz CT molecular complexity index is 360. The molecular weight excluding hydrogens is 192 g/mol. The minimum absolute atomic E-state index is 0.0426. The third-order valence-corrected chi connectivity index (χ3v) is 2.79. The van der Waals surface area contributed by atoms with Crippen LogP contribution in [0.4, 0.5) is 5.69 Å². The highest BCUT2D eigenvalue weighted by molar-refractivity contribution is 5.97. The van der Waals surface area contributed by atoms with Crippen LogP contribution in [0.5, 0.6) is 0 Å². The molecule has 1 amide bonds. The lowest BCUT2D eigenvalue weighted by molar-refractivity contribution is -0.121. The highest BCUT2D eigenvalue weighted by Gasteiger charge is 2.28. The molecule has 2 rings (SSSR count). The van der Waals surface area contributed by atoms with E-state index in [-0.39, 0.29) is 11.9 Å². The van der Waals surface area contributed by atoms with Gasteiger partial charge in [-0.15, -0.1) is 0 Å². The van der Waals surface area contributed by atoms with Gasteiger partial charge in [-0.2, -0.15) is 5.10 Å². The summed E-state index contributed by atoms with van der Waals surface area (Å²) in [6.07, 6.45) is 5.56. The molecule has 1 saturated heterocycles. The number of carbonyl (C=O) groups is 1. The number of piperidine rings is 1. The number of aromatic nitrogens is 2. The molecule has 1 aromatic rings. The average molecular weight is 208 g/mol. The predicted molar refractivity (Wildman–Crippen MR) is 57.6 cm³/mol. The van der Waals surface area contributed by atoms with Crippen molar-refractivity contribution in [1.29, 1.82) is 0 Å². The Labute approximate surface area is 89.1 Å². The first-order valence-electron chi connectivity index (χ1n) is 5.19. The van der Waals surface area contributed by atoms with E-state index in [2.05, 4.69) is 10.4 Å². The van der Waals surface area contributed by atoms with Gasteiger partial charge >= 0.3 is 0 Å². The van der Waals surface area contributed by atoms with Crippen LogP contribution >= 0.6 is 0 Å². The Balaban J connectivity index is 2.18. The summed E-state index contributed by atoms with van der Waals surface area (Å²) in [6.45, 7) is 0.794. The molecule has 0 saturated carbocycles. The van der Waals surface area contributed by atoms with Gasteiger partial charge in [0.15, 0.2) is 0 Å². The molecule has 15 heavy (non-hydrogen) atoms. The molecular formula is C10H16N4O. The number of aryl methyl sites for hydroxylation is 1. The van der Waals surface area contributed by atoms with Crippen molar-refractivity contribution in [1.82, 2.24) is 15.1 Å². The monoisotopic (exact) mass is 208 g/mol. The fourth-order valence-corrected chi connectivity index (χ4v) is 1.95. The Hall–Kier alpha value is -1.36. The van der Waals surface area contributed by atoms with Crippen molar-refractivity contribution in [3.8, 4) is 0 Å².